The summed E-state index contributed by atoms with van der Waals surface area (Å²) in [7, 11) is 2.21. The van der Waals surface area contributed by atoms with E-state index in [1.165, 1.54) is 42.6 Å². The molecule has 1 atom stereocenters. The molecule has 1 heterocycles. The predicted octanol–water partition coefficient (Wildman–Crippen LogP) is 4.10. The lowest BCUT2D eigenvalue weighted by molar-refractivity contribution is 0.226. The minimum atomic E-state index is 0.415. The van der Waals surface area contributed by atoms with Crippen molar-refractivity contribution in [1.82, 2.24) is 10.2 Å². The Kier molecular flexibility index (Phi) is 4.91. The predicted molar refractivity (Wildman–Crippen MR) is 93.9 cm³/mol. The molecule has 1 unspecified atom stereocenters. The van der Waals surface area contributed by atoms with Crippen molar-refractivity contribution in [3.8, 4) is 11.1 Å². The van der Waals surface area contributed by atoms with E-state index >= 15 is 0 Å². The zero-order valence-corrected chi connectivity index (χ0v) is 13.6. The van der Waals surface area contributed by atoms with Crippen LogP contribution in [-0.4, -0.2) is 31.1 Å². The fourth-order valence-corrected chi connectivity index (χ4v) is 3.22. The molecule has 3 rings (SSSR count). The number of nitrogens with zero attached hydrogens (tertiary/aromatic N) is 1. The van der Waals surface area contributed by atoms with Gasteiger partial charge in [-0.05, 0) is 56.6 Å². The summed E-state index contributed by atoms with van der Waals surface area (Å²) < 4.78 is 0. The maximum atomic E-state index is 3.79. The summed E-state index contributed by atoms with van der Waals surface area (Å²) in [5.41, 5.74) is 3.94. The first-order chi connectivity index (χ1) is 10.7. The van der Waals surface area contributed by atoms with Crippen LogP contribution >= 0.6 is 0 Å². The highest BCUT2D eigenvalue weighted by Crippen LogP contribution is 2.22. The van der Waals surface area contributed by atoms with Gasteiger partial charge in [0.15, 0.2) is 0 Å². The van der Waals surface area contributed by atoms with Gasteiger partial charge in [0.2, 0.25) is 0 Å². The molecule has 0 amide bonds. The van der Waals surface area contributed by atoms with Gasteiger partial charge >= 0.3 is 0 Å². The second-order valence-corrected chi connectivity index (χ2v) is 6.45. The number of likely N-dealkylation sites (tertiary alicyclic amines) is 1. The second kappa shape index (κ2) is 7.08. The van der Waals surface area contributed by atoms with E-state index in [2.05, 4.69) is 78.8 Å². The number of hydrogen-bond acceptors (Lipinski definition) is 2. The van der Waals surface area contributed by atoms with Crippen LogP contribution in [0.2, 0.25) is 0 Å². The van der Waals surface area contributed by atoms with Crippen LogP contribution in [0.3, 0.4) is 0 Å². The van der Waals surface area contributed by atoms with Gasteiger partial charge < -0.3 is 10.2 Å². The molecule has 0 saturated carbocycles. The second-order valence-electron chi connectivity index (χ2n) is 6.45. The van der Waals surface area contributed by atoms with Gasteiger partial charge in [-0.2, -0.15) is 0 Å². The van der Waals surface area contributed by atoms with Gasteiger partial charge in [-0.15, -0.1) is 0 Å². The molecule has 0 bridgehead atoms. The van der Waals surface area contributed by atoms with Crippen molar-refractivity contribution in [1.29, 1.82) is 0 Å². The number of benzene rings is 2. The van der Waals surface area contributed by atoms with Crippen LogP contribution in [0.4, 0.5) is 0 Å². The third-order valence-corrected chi connectivity index (χ3v) is 4.72. The monoisotopic (exact) mass is 294 g/mol. The minimum absolute atomic E-state index is 0.415. The number of hydrogen-bond donors (Lipinski definition) is 1. The molecular weight excluding hydrogens is 268 g/mol. The molecule has 2 aromatic rings. The lowest BCUT2D eigenvalue weighted by Crippen LogP contribution is -2.41. The molecule has 0 aromatic heterocycles. The summed E-state index contributed by atoms with van der Waals surface area (Å²) >= 11 is 0. The molecule has 1 aliphatic heterocycles. The maximum absolute atomic E-state index is 3.79. The Morgan fingerprint density at radius 3 is 2.14 bits per heavy atom. The van der Waals surface area contributed by atoms with Crippen LogP contribution in [0.15, 0.2) is 54.6 Å². The normalized spacial score (nSPS) is 18.3. The molecule has 2 aromatic carbocycles. The topological polar surface area (TPSA) is 15.3 Å². The van der Waals surface area contributed by atoms with Gasteiger partial charge in [-0.25, -0.2) is 0 Å². The standard InChI is InChI=1S/C20H26N2/c1-16(21-20-12-14-22(2)15-13-20)17-8-10-19(11-9-17)18-6-4-3-5-7-18/h3-11,16,20-21H,12-15H2,1-2H3. The van der Waals surface area contributed by atoms with Crippen LogP contribution < -0.4 is 5.32 Å². The van der Waals surface area contributed by atoms with E-state index in [0.29, 0.717) is 12.1 Å². The van der Waals surface area contributed by atoms with Gasteiger partial charge in [0.25, 0.3) is 0 Å². The highest BCUT2D eigenvalue weighted by molar-refractivity contribution is 5.63. The molecule has 1 saturated heterocycles. The van der Waals surface area contributed by atoms with Crippen molar-refractivity contribution in [2.24, 2.45) is 0 Å². The molecule has 1 fully saturated rings. The van der Waals surface area contributed by atoms with Gasteiger partial charge in [0.1, 0.15) is 0 Å². The van der Waals surface area contributed by atoms with Gasteiger partial charge in [0, 0.05) is 12.1 Å². The molecule has 0 spiro atoms. The molecule has 22 heavy (non-hydrogen) atoms. The molecule has 0 radical (unpaired) electrons. The molecule has 2 heteroatoms. The van der Waals surface area contributed by atoms with Crippen molar-refractivity contribution < 1.29 is 0 Å². The van der Waals surface area contributed by atoms with Crippen LogP contribution in [0.25, 0.3) is 11.1 Å². The third kappa shape index (κ3) is 3.76. The van der Waals surface area contributed by atoms with Crippen LogP contribution in [-0.2, 0) is 0 Å². The number of nitrogens with one attached hydrogen (secondary N) is 1. The Balaban J connectivity index is 1.62. The zero-order valence-electron chi connectivity index (χ0n) is 13.6. The fraction of sp³-hybridized carbons (Fsp3) is 0.400. The van der Waals surface area contributed by atoms with E-state index < -0.39 is 0 Å². The quantitative estimate of drug-likeness (QED) is 0.913. The van der Waals surface area contributed by atoms with E-state index in [-0.39, 0.29) is 0 Å². The van der Waals surface area contributed by atoms with Crippen LogP contribution in [0, 0.1) is 0 Å². The lowest BCUT2D eigenvalue weighted by Gasteiger charge is -2.31. The Bertz CT molecular complexity index is 568. The van der Waals surface area contributed by atoms with Gasteiger partial charge in [-0.3, -0.25) is 0 Å². The van der Waals surface area contributed by atoms with E-state index in [4.69, 9.17) is 0 Å². The zero-order chi connectivity index (χ0) is 15.4. The molecular formula is C20H26N2. The summed E-state index contributed by atoms with van der Waals surface area (Å²) in [6.45, 7) is 4.69. The first-order valence-corrected chi connectivity index (χ1v) is 8.32. The Morgan fingerprint density at radius 2 is 1.50 bits per heavy atom. The summed E-state index contributed by atoms with van der Waals surface area (Å²) in [6.07, 6.45) is 2.51. The molecule has 2 nitrogen and oxygen atoms in total. The molecule has 0 aliphatic carbocycles. The first-order valence-electron chi connectivity index (χ1n) is 8.32. The fourth-order valence-electron chi connectivity index (χ4n) is 3.22. The van der Waals surface area contributed by atoms with E-state index in [0.717, 1.165) is 0 Å². The van der Waals surface area contributed by atoms with Crippen molar-refractivity contribution in [3.63, 3.8) is 0 Å². The average molecular weight is 294 g/mol. The van der Waals surface area contributed by atoms with Crippen molar-refractivity contribution >= 4 is 0 Å². The van der Waals surface area contributed by atoms with Gasteiger partial charge in [0.05, 0.1) is 0 Å². The van der Waals surface area contributed by atoms with Crippen molar-refractivity contribution in [2.75, 3.05) is 20.1 Å². The van der Waals surface area contributed by atoms with E-state index in [1.54, 1.807) is 0 Å². The largest absolute Gasteiger partial charge is 0.307 e. The SMILES string of the molecule is CC(NC1CCN(C)CC1)c1ccc(-c2ccccc2)cc1. The van der Waals surface area contributed by atoms with Crippen molar-refractivity contribution in [2.45, 2.75) is 31.8 Å². The Morgan fingerprint density at radius 1 is 0.909 bits per heavy atom. The summed E-state index contributed by atoms with van der Waals surface area (Å²) in [4.78, 5) is 2.41. The average Bonchev–Trinajstić information content (AvgIpc) is 2.58. The highest BCUT2D eigenvalue weighted by Gasteiger charge is 2.18. The molecule has 116 valence electrons. The Hall–Kier alpha value is -1.64. The minimum Gasteiger partial charge on any atom is -0.307 e. The molecule has 1 N–H and O–H groups in total. The van der Waals surface area contributed by atoms with Crippen molar-refractivity contribution in [3.05, 3.63) is 60.2 Å². The lowest BCUT2D eigenvalue weighted by atomic mass is 9.99. The third-order valence-electron chi connectivity index (χ3n) is 4.72. The first kappa shape index (κ1) is 15.3. The van der Waals surface area contributed by atoms with Gasteiger partial charge in [-0.1, -0.05) is 54.6 Å². The highest BCUT2D eigenvalue weighted by atomic mass is 15.1. The van der Waals surface area contributed by atoms with E-state index in [1.807, 2.05) is 0 Å². The maximum Gasteiger partial charge on any atom is 0.0294 e. The number of piperidine rings is 1. The van der Waals surface area contributed by atoms with Crippen LogP contribution in [0.1, 0.15) is 31.4 Å². The summed E-state index contributed by atoms with van der Waals surface area (Å²) in [5.74, 6) is 0. The summed E-state index contributed by atoms with van der Waals surface area (Å²) in [6, 6.07) is 20.6. The van der Waals surface area contributed by atoms with Crippen LogP contribution in [0.5, 0.6) is 0 Å². The molecule has 1 aliphatic rings. The smallest absolute Gasteiger partial charge is 0.0294 e. The number of rotatable bonds is 4. The van der Waals surface area contributed by atoms with E-state index in [9.17, 15) is 0 Å². The Labute approximate surface area is 134 Å². The summed E-state index contributed by atoms with van der Waals surface area (Å²) in [5, 5.41) is 3.79.